The molecule has 0 aliphatic carbocycles. The molecule has 1 aromatic carbocycles. The van der Waals surface area contributed by atoms with Gasteiger partial charge < -0.3 is 14.8 Å². The summed E-state index contributed by atoms with van der Waals surface area (Å²) >= 11 is 0. The van der Waals surface area contributed by atoms with Crippen LogP contribution >= 0.6 is 0 Å². The van der Waals surface area contributed by atoms with Crippen molar-refractivity contribution >= 4 is 17.6 Å². The smallest absolute Gasteiger partial charge is 0.290 e. The number of hydrogen-bond acceptors (Lipinski definition) is 5. The third-order valence-corrected chi connectivity index (χ3v) is 3.20. The monoisotopic (exact) mass is 300 g/mol. The summed E-state index contributed by atoms with van der Waals surface area (Å²) in [6.45, 7) is 1.75. The molecule has 0 radical (unpaired) electrons. The number of phenols is 1. The van der Waals surface area contributed by atoms with Crippen LogP contribution in [-0.2, 0) is 18.3 Å². The van der Waals surface area contributed by atoms with Crippen LogP contribution in [0.4, 0.5) is 0 Å². The van der Waals surface area contributed by atoms with Gasteiger partial charge in [-0.1, -0.05) is 6.92 Å². The third kappa shape index (κ3) is 3.03. The molecule has 2 heterocycles. The van der Waals surface area contributed by atoms with Gasteiger partial charge in [-0.3, -0.25) is 4.79 Å². The lowest BCUT2D eigenvalue weighted by molar-refractivity contribution is -0.122. The molecule has 0 saturated heterocycles. The van der Waals surface area contributed by atoms with Gasteiger partial charge in [0, 0.05) is 12.6 Å². The average Bonchev–Trinajstić information content (AvgIpc) is 2.89. The van der Waals surface area contributed by atoms with E-state index in [4.69, 9.17) is 9.90 Å². The van der Waals surface area contributed by atoms with Gasteiger partial charge in [-0.2, -0.15) is 0 Å². The number of nitrogens with zero attached hydrogens (tertiary/aromatic N) is 4. The molecule has 3 rings (SSSR count). The van der Waals surface area contributed by atoms with Gasteiger partial charge in [0.25, 0.3) is 6.47 Å². The van der Waals surface area contributed by atoms with E-state index in [1.54, 1.807) is 18.6 Å². The topological polar surface area (TPSA) is 101 Å². The van der Waals surface area contributed by atoms with Gasteiger partial charge in [-0.05, 0) is 30.2 Å². The van der Waals surface area contributed by atoms with Crippen LogP contribution in [-0.4, -0.2) is 36.2 Å². The largest absolute Gasteiger partial charge is 0.508 e. The molecule has 114 valence electrons. The summed E-state index contributed by atoms with van der Waals surface area (Å²) in [5.41, 5.74) is 3.36. The van der Waals surface area contributed by atoms with Crippen LogP contribution in [0.5, 0.6) is 5.75 Å². The molecule has 0 spiro atoms. The first kappa shape index (κ1) is 15.4. The van der Waals surface area contributed by atoms with Crippen LogP contribution in [0, 0.1) is 0 Å². The van der Waals surface area contributed by atoms with E-state index in [0.29, 0.717) is 17.2 Å². The number of hydrogen-bond donors (Lipinski definition) is 2. The standard InChI is InChI=1S/C14H14N4O.CH2O2/c1-3-9-6-10(4-5-12(9)19)13-15-7-11-14(17-13)16-8-18(11)2;2-1-3/h4-8,19H,3H2,1-2H3;1H,(H,2,3). The molecule has 3 aromatic rings. The molecule has 2 N–H and O–H groups in total. The Morgan fingerprint density at radius 2 is 2.05 bits per heavy atom. The van der Waals surface area contributed by atoms with Crippen LogP contribution in [0.15, 0.2) is 30.7 Å². The minimum Gasteiger partial charge on any atom is -0.508 e. The second-order valence-electron chi connectivity index (χ2n) is 4.56. The van der Waals surface area contributed by atoms with Crippen molar-refractivity contribution in [2.24, 2.45) is 7.05 Å². The lowest BCUT2D eigenvalue weighted by Crippen LogP contribution is -1.93. The summed E-state index contributed by atoms with van der Waals surface area (Å²) < 4.78 is 1.88. The molecule has 7 heteroatoms. The quantitative estimate of drug-likeness (QED) is 0.702. The molecule has 0 saturated carbocycles. The lowest BCUT2D eigenvalue weighted by atomic mass is 10.1. The average molecular weight is 300 g/mol. The number of aromatic hydroxyl groups is 1. The Labute approximate surface area is 126 Å². The summed E-state index contributed by atoms with van der Waals surface area (Å²) in [5, 5.41) is 16.6. The molecule has 0 bridgehead atoms. The summed E-state index contributed by atoms with van der Waals surface area (Å²) in [5.74, 6) is 0.936. The molecule has 0 aliphatic heterocycles. The molecule has 0 atom stereocenters. The molecular weight excluding hydrogens is 284 g/mol. The molecule has 0 unspecified atom stereocenters. The highest BCUT2D eigenvalue weighted by atomic mass is 16.3. The van der Waals surface area contributed by atoms with E-state index in [0.717, 1.165) is 23.1 Å². The Bertz CT molecular complexity index is 799. The van der Waals surface area contributed by atoms with Crippen LogP contribution < -0.4 is 0 Å². The number of imidazole rings is 1. The van der Waals surface area contributed by atoms with Crippen molar-refractivity contribution in [3.05, 3.63) is 36.3 Å². The first-order valence-corrected chi connectivity index (χ1v) is 6.64. The second-order valence-corrected chi connectivity index (χ2v) is 4.56. The zero-order valence-electron chi connectivity index (χ0n) is 12.3. The van der Waals surface area contributed by atoms with Crippen molar-refractivity contribution in [3.63, 3.8) is 0 Å². The first-order valence-electron chi connectivity index (χ1n) is 6.64. The fourth-order valence-electron chi connectivity index (χ4n) is 2.06. The number of rotatable bonds is 2. The second kappa shape index (κ2) is 6.66. The van der Waals surface area contributed by atoms with Gasteiger partial charge in [0.05, 0.1) is 12.5 Å². The number of benzene rings is 1. The van der Waals surface area contributed by atoms with Gasteiger partial charge in [-0.15, -0.1) is 0 Å². The molecular formula is C15H16N4O3. The molecule has 0 aliphatic rings. The predicted octanol–water partition coefficient (Wildman–Crippen LogP) is 2.00. The number of fused-ring (bicyclic) bond motifs is 1. The van der Waals surface area contributed by atoms with Crippen LogP contribution in [0.2, 0.25) is 0 Å². The van der Waals surface area contributed by atoms with E-state index in [1.807, 2.05) is 30.7 Å². The zero-order chi connectivity index (χ0) is 16.1. The highest BCUT2D eigenvalue weighted by Crippen LogP contribution is 2.24. The van der Waals surface area contributed by atoms with E-state index in [1.165, 1.54) is 0 Å². The van der Waals surface area contributed by atoms with Crippen molar-refractivity contribution in [1.29, 1.82) is 0 Å². The van der Waals surface area contributed by atoms with Gasteiger partial charge in [0.2, 0.25) is 0 Å². The molecule has 22 heavy (non-hydrogen) atoms. The Balaban J connectivity index is 0.000000545. The minimum absolute atomic E-state index is 0.250. The maximum atomic E-state index is 9.70. The van der Waals surface area contributed by atoms with Crippen LogP contribution in [0.25, 0.3) is 22.6 Å². The Kier molecular flexibility index (Phi) is 4.67. The fourth-order valence-corrected chi connectivity index (χ4v) is 2.06. The Morgan fingerprint density at radius 1 is 1.32 bits per heavy atom. The predicted molar refractivity (Wildman–Crippen MR) is 81.5 cm³/mol. The zero-order valence-corrected chi connectivity index (χ0v) is 12.3. The Hall–Kier alpha value is -2.96. The fraction of sp³-hybridized carbons (Fsp3) is 0.200. The normalized spacial score (nSPS) is 10.1. The molecule has 0 amide bonds. The number of carbonyl (C=O) groups is 1. The van der Waals surface area contributed by atoms with Gasteiger partial charge in [0.15, 0.2) is 11.5 Å². The number of carboxylic acid groups (broad SMARTS) is 1. The van der Waals surface area contributed by atoms with Crippen LogP contribution in [0.3, 0.4) is 0 Å². The number of aromatic nitrogens is 4. The summed E-state index contributed by atoms with van der Waals surface area (Å²) in [6.07, 6.45) is 4.26. The molecule has 2 aromatic heterocycles. The SMILES string of the molecule is CCc1cc(-c2ncc3c(ncn3C)n2)ccc1O.O=CO. The van der Waals surface area contributed by atoms with E-state index < -0.39 is 0 Å². The summed E-state index contributed by atoms with van der Waals surface area (Å²) in [6, 6.07) is 5.41. The Morgan fingerprint density at radius 3 is 2.73 bits per heavy atom. The van der Waals surface area contributed by atoms with Crippen molar-refractivity contribution in [2.45, 2.75) is 13.3 Å². The number of phenolic OH excluding ortho intramolecular Hbond substituents is 1. The van der Waals surface area contributed by atoms with Gasteiger partial charge in [-0.25, -0.2) is 15.0 Å². The van der Waals surface area contributed by atoms with Crippen molar-refractivity contribution in [3.8, 4) is 17.1 Å². The van der Waals surface area contributed by atoms with Crippen LogP contribution in [0.1, 0.15) is 12.5 Å². The maximum Gasteiger partial charge on any atom is 0.290 e. The van der Waals surface area contributed by atoms with Crippen molar-refractivity contribution in [1.82, 2.24) is 19.5 Å². The highest BCUT2D eigenvalue weighted by Gasteiger charge is 2.08. The molecule has 0 fully saturated rings. The summed E-state index contributed by atoms with van der Waals surface area (Å²) in [7, 11) is 1.91. The van der Waals surface area contributed by atoms with Gasteiger partial charge >= 0.3 is 0 Å². The van der Waals surface area contributed by atoms with E-state index in [-0.39, 0.29) is 6.47 Å². The van der Waals surface area contributed by atoms with Gasteiger partial charge in [0.1, 0.15) is 11.3 Å². The maximum absolute atomic E-state index is 9.70. The third-order valence-electron chi connectivity index (χ3n) is 3.20. The van der Waals surface area contributed by atoms with Crippen molar-refractivity contribution in [2.75, 3.05) is 0 Å². The van der Waals surface area contributed by atoms with E-state index >= 15 is 0 Å². The lowest BCUT2D eigenvalue weighted by Gasteiger charge is -2.05. The van der Waals surface area contributed by atoms with E-state index in [9.17, 15) is 5.11 Å². The highest BCUT2D eigenvalue weighted by molar-refractivity contribution is 5.73. The number of aryl methyl sites for hydroxylation is 2. The van der Waals surface area contributed by atoms with Crippen molar-refractivity contribution < 1.29 is 15.0 Å². The summed E-state index contributed by atoms with van der Waals surface area (Å²) in [4.78, 5) is 21.4. The molecule has 7 nitrogen and oxygen atoms in total. The first-order chi connectivity index (χ1) is 10.6. The minimum atomic E-state index is -0.250. The van der Waals surface area contributed by atoms with E-state index in [2.05, 4.69) is 15.0 Å².